The molecule has 2 aliphatic rings. The van der Waals surface area contributed by atoms with E-state index in [1.165, 1.54) is 54.4 Å². The van der Waals surface area contributed by atoms with Crippen molar-refractivity contribution in [3.8, 4) is 0 Å². The third-order valence-corrected chi connectivity index (χ3v) is 8.45. The Bertz CT molecular complexity index is 1230. The lowest BCUT2D eigenvalue weighted by Gasteiger charge is -2.29. The Morgan fingerprint density at radius 1 is 0.390 bits per heavy atom. The normalized spacial score (nSPS) is 14.1. The van der Waals surface area contributed by atoms with Crippen molar-refractivity contribution in [1.82, 2.24) is 0 Å². The van der Waals surface area contributed by atoms with E-state index < -0.39 is 0 Å². The molecule has 0 heterocycles. The van der Waals surface area contributed by atoms with Crippen LogP contribution in [0.1, 0.15) is 118 Å². The second-order valence-corrected chi connectivity index (χ2v) is 11.6. The van der Waals surface area contributed by atoms with Crippen molar-refractivity contribution >= 4 is 0 Å². The molecule has 0 spiro atoms. The Hall–Kier alpha value is -3.12. The molecule has 0 saturated carbocycles. The van der Waals surface area contributed by atoms with Gasteiger partial charge in [0.2, 0.25) is 0 Å². The standard InChI is InChI=1S/C19H22.C18H20.2C2H6/c1-14(2)19-17-12-5-3-8-15(17)10-7-11-16-9-4-6-13-18(16)19;1-13(2)18-16-9-5-3-7-14(16)11-12-15-8-4-6-10-17(15)18;2*1-2/h3-6,8-9,12-14,19H,7,10-11H2,1-2H3;3-10,13,18H,11-12H2,1-2H3;2*1-2H3. The van der Waals surface area contributed by atoms with Gasteiger partial charge in [-0.1, -0.05) is 152 Å². The van der Waals surface area contributed by atoms with Gasteiger partial charge in [-0.25, -0.2) is 0 Å². The zero-order valence-electron chi connectivity index (χ0n) is 27.1. The SMILES string of the molecule is CC.CC.CC(C)C1c2ccccc2CCCc2ccccc21.CC(C)C1c2ccccc2CCc2ccccc21. The van der Waals surface area contributed by atoms with Crippen LogP contribution in [0.3, 0.4) is 0 Å². The maximum absolute atomic E-state index is 2.35. The molecule has 0 radical (unpaired) electrons. The first-order valence-corrected chi connectivity index (χ1v) is 16.4. The van der Waals surface area contributed by atoms with Gasteiger partial charge in [0, 0.05) is 11.8 Å². The highest BCUT2D eigenvalue weighted by Gasteiger charge is 2.26. The van der Waals surface area contributed by atoms with Crippen LogP contribution in [0.25, 0.3) is 0 Å². The summed E-state index contributed by atoms with van der Waals surface area (Å²) in [5.41, 5.74) is 12.3. The first-order valence-electron chi connectivity index (χ1n) is 16.4. The van der Waals surface area contributed by atoms with Crippen molar-refractivity contribution in [1.29, 1.82) is 0 Å². The quantitative estimate of drug-likeness (QED) is 0.234. The summed E-state index contributed by atoms with van der Waals surface area (Å²) in [6.07, 6.45) is 6.05. The smallest absolute Gasteiger partial charge is 0.0118 e. The molecular weight excluding hydrogens is 492 g/mol. The Balaban J connectivity index is 0.000000202. The van der Waals surface area contributed by atoms with E-state index in [1.54, 1.807) is 22.3 Å². The van der Waals surface area contributed by atoms with Gasteiger partial charge >= 0.3 is 0 Å². The Morgan fingerprint density at radius 2 is 0.634 bits per heavy atom. The van der Waals surface area contributed by atoms with E-state index in [2.05, 4.69) is 125 Å². The maximum atomic E-state index is 2.35. The van der Waals surface area contributed by atoms with Crippen LogP contribution in [0.15, 0.2) is 97.1 Å². The van der Waals surface area contributed by atoms with E-state index >= 15 is 0 Å². The molecule has 0 fully saturated rings. The summed E-state index contributed by atoms with van der Waals surface area (Å²) in [6, 6.07) is 36.0. The van der Waals surface area contributed by atoms with Gasteiger partial charge in [0.25, 0.3) is 0 Å². The van der Waals surface area contributed by atoms with Gasteiger partial charge in [-0.3, -0.25) is 0 Å². The van der Waals surface area contributed by atoms with Crippen LogP contribution in [0.5, 0.6) is 0 Å². The van der Waals surface area contributed by atoms with Gasteiger partial charge in [0.05, 0.1) is 0 Å². The molecule has 0 atom stereocenters. The fourth-order valence-corrected chi connectivity index (χ4v) is 6.77. The van der Waals surface area contributed by atoms with Gasteiger partial charge in [-0.15, -0.1) is 0 Å². The molecule has 41 heavy (non-hydrogen) atoms. The average Bonchev–Trinajstić information content (AvgIpc) is 3.17. The molecule has 0 amide bonds. The van der Waals surface area contributed by atoms with Crippen LogP contribution < -0.4 is 0 Å². The largest absolute Gasteiger partial charge is 0.0683 e. The summed E-state index contributed by atoms with van der Waals surface area (Å²) in [4.78, 5) is 0. The van der Waals surface area contributed by atoms with Crippen molar-refractivity contribution in [2.45, 2.75) is 99.3 Å². The molecule has 0 heteroatoms. The molecule has 6 rings (SSSR count). The minimum absolute atomic E-state index is 0.549. The second-order valence-electron chi connectivity index (χ2n) is 11.6. The number of hydrogen-bond donors (Lipinski definition) is 0. The molecule has 0 bridgehead atoms. The van der Waals surface area contributed by atoms with Gasteiger partial charge in [0.15, 0.2) is 0 Å². The van der Waals surface area contributed by atoms with E-state index in [1.807, 2.05) is 27.7 Å². The molecule has 0 N–H and O–H groups in total. The van der Waals surface area contributed by atoms with Crippen molar-refractivity contribution in [2.75, 3.05) is 0 Å². The molecule has 4 aromatic carbocycles. The number of rotatable bonds is 2. The van der Waals surface area contributed by atoms with Crippen molar-refractivity contribution in [3.05, 3.63) is 142 Å². The summed E-state index contributed by atoms with van der Waals surface area (Å²) in [7, 11) is 0. The van der Waals surface area contributed by atoms with E-state index in [4.69, 9.17) is 0 Å². The predicted molar refractivity (Wildman–Crippen MR) is 181 cm³/mol. The molecule has 218 valence electrons. The summed E-state index contributed by atoms with van der Waals surface area (Å²) in [5.74, 6) is 2.39. The second kappa shape index (κ2) is 16.4. The third kappa shape index (κ3) is 7.79. The van der Waals surface area contributed by atoms with Crippen molar-refractivity contribution in [2.24, 2.45) is 11.8 Å². The molecular formula is C41H54. The minimum Gasteiger partial charge on any atom is -0.0683 e. The summed E-state index contributed by atoms with van der Waals surface area (Å²) >= 11 is 0. The van der Waals surface area contributed by atoms with Gasteiger partial charge in [-0.05, 0) is 88.4 Å². The lowest BCUT2D eigenvalue weighted by molar-refractivity contribution is 0.548. The van der Waals surface area contributed by atoms with Crippen LogP contribution in [0, 0.1) is 11.8 Å². The predicted octanol–water partition coefficient (Wildman–Crippen LogP) is 11.6. The fourth-order valence-electron chi connectivity index (χ4n) is 6.77. The van der Waals surface area contributed by atoms with Gasteiger partial charge < -0.3 is 0 Å². The molecule has 0 nitrogen and oxygen atoms in total. The number of hydrogen-bond acceptors (Lipinski definition) is 0. The summed E-state index contributed by atoms with van der Waals surface area (Å²) < 4.78 is 0. The highest BCUT2D eigenvalue weighted by molar-refractivity contribution is 5.46. The number of benzene rings is 4. The highest BCUT2D eigenvalue weighted by Crippen LogP contribution is 2.39. The van der Waals surface area contributed by atoms with Crippen molar-refractivity contribution < 1.29 is 0 Å². The molecule has 0 aliphatic heterocycles. The minimum atomic E-state index is 0.549. The van der Waals surface area contributed by atoms with E-state index in [9.17, 15) is 0 Å². The fraction of sp³-hybridized carbons (Fsp3) is 0.415. The summed E-state index contributed by atoms with van der Waals surface area (Å²) in [5, 5.41) is 0. The van der Waals surface area contributed by atoms with Crippen LogP contribution in [0.2, 0.25) is 0 Å². The average molecular weight is 547 g/mol. The lowest BCUT2D eigenvalue weighted by atomic mass is 9.76. The van der Waals surface area contributed by atoms with E-state index in [0.29, 0.717) is 23.7 Å². The highest BCUT2D eigenvalue weighted by atomic mass is 14.3. The monoisotopic (exact) mass is 546 g/mol. The van der Waals surface area contributed by atoms with E-state index in [-0.39, 0.29) is 0 Å². The Labute approximate surface area is 252 Å². The molecule has 0 unspecified atom stereocenters. The zero-order chi connectivity index (χ0) is 29.8. The molecule has 2 aliphatic carbocycles. The first-order chi connectivity index (χ1) is 20.0. The van der Waals surface area contributed by atoms with Gasteiger partial charge in [0.1, 0.15) is 0 Å². The lowest BCUT2D eigenvalue weighted by Crippen LogP contribution is -2.15. The van der Waals surface area contributed by atoms with Crippen LogP contribution in [-0.2, 0) is 25.7 Å². The topological polar surface area (TPSA) is 0 Å². The van der Waals surface area contributed by atoms with Crippen LogP contribution >= 0.6 is 0 Å². The molecule has 0 saturated heterocycles. The van der Waals surface area contributed by atoms with Crippen LogP contribution in [-0.4, -0.2) is 0 Å². The zero-order valence-corrected chi connectivity index (χ0v) is 27.1. The number of aryl methyl sites for hydroxylation is 4. The third-order valence-electron chi connectivity index (χ3n) is 8.45. The Kier molecular flexibility index (Phi) is 12.9. The molecule has 0 aromatic heterocycles. The number of fused-ring (bicyclic) bond motifs is 4. The Morgan fingerprint density at radius 3 is 0.902 bits per heavy atom. The van der Waals surface area contributed by atoms with Crippen molar-refractivity contribution in [3.63, 3.8) is 0 Å². The van der Waals surface area contributed by atoms with Gasteiger partial charge in [-0.2, -0.15) is 0 Å². The maximum Gasteiger partial charge on any atom is 0.0118 e. The van der Waals surface area contributed by atoms with E-state index in [0.717, 1.165) is 0 Å². The van der Waals surface area contributed by atoms with Crippen LogP contribution in [0.4, 0.5) is 0 Å². The molecule has 4 aromatic rings. The first kappa shape index (κ1) is 32.4. The summed E-state index contributed by atoms with van der Waals surface area (Å²) in [6.45, 7) is 17.4.